The van der Waals surface area contributed by atoms with E-state index in [0.717, 1.165) is 11.3 Å². The van der Waals surface area contributed by atoms with E-state index in [1.165, 1.54) is 5.56 Å². The average molecular weight is 418 g/mol. The van der Waals surface area contributed by atoms with Crippen molar-refractivity contribution >= 4 is 23.2 Å². The summed E-state index contributed by atoms with van der Waals surface area (Å²) in [5.41, 5.74) is 3.90. The second-order valence-electron chi connectivity index (χ2n) is 7.15. The molecule has 2 amide bonds. The number of carbonyl (C=O) groups excluding carboxylic acids is 2. The fraction of sp³-hybridized carbons (Fsp3) is 0.200. The maximum absolute atomic E-state index is 12.5. The third kappa shape index (κ3) is 6.09. The van der Waals surface area contributed by atoms with Crippen LogP contribution in [0.2, 0.25) is 0 Å². The predicted octanol–water partition coefficient (Wildman–Crippen LogP) is 4.97. The van der Waals surface area contributed by atoms with E-state index in [1.54, 1.807) is 43.5 Å². The molecule has 3 aromatic carbocycles. The number of aryl methyl sites for hydroxylation is 2. The van der Waals surface area contributed by atoms with E-state index in [2.05, 4.69) is 10.6 Å². The lowest BCUT2D eigenvalue weighted by Gasteiger charge is -2.11. The van der Waals surface area contributed by atoms with Gasteiger partial charge >= 0.3 is 0 Å². The van der Waals surface area contributed by atoms with Crippen molar-refractivity contribution in [3.63, 3.8) is 0 Å². The van der Waals surface area contributed by atoms with Gasteiger partial charge in [-0.15, -0.1) is 0 Å². The molecule has 3 rings (SSSR count). The molecule has 0 fully saturated rings. The first-order valence-electron chi connectivity index (χ1n) is 10.0. The van der Waals surface area contributed by atoms with Gasteiger partial charge in [0.2, 0.25) is 5.91 Å². The maximum Gasteiger partial charge on any atom is 0.255 e. The molecular weight excluding hydrogens is 392 g/mol. The monoisotopic (exact) mass is 418 g/mol. The minimum Gasteiger partial charge on any atom is -0.495 e. The van der Waals surface area contributed by atoms with Crippen LogP contribution < -0.4 is 20.1 Å². The number of ether oxygens (including phenoxy) is 2. The smallest absolute Gasteiger partial charge is 0.255 e. The first-order chi connectivity index (χ1) is 15.0. The van der Waals surface area contributed by atoms with Crippen LogP contribution in [-0.2, 0) is 4.79 Å². The highest BCUT2D eigenvalue weighted by molar-refractivity contribution is 6.05. The van der Waals surface area contributed by atoms with Crippen LogP contribution in [0.5, 0.6) is 11.5 Å². The Balaban J connectivity index is 1.50. The van der Waals surface area contributed by atoms with Crippen LogP contribution in [-0.4, -0.2) is 25.5 Å². The Labute approximate surface area is 182 Å². The molecule has 0 atom stereocenters. The van der Waals surface area contributed by atoms with E-state index in [4.69, 9.17) is 9.47 Å². The van der Waals surface area contributed by atoms with Gasteiger partial charge in [0, 0.05) is 11.3 Å². The molecule has 0 unspecified atom stereocenters. The zero-order valence-electron chi connectivity index (χ0n) is 17.9. The molecule has 0 bridgehead atoms. The van der Waals surface area contributed by atoms with Gasteiger partial charge in [0.1, 0.15) is 11.5 Å². The van der Waals surface area contributed by atoms with Gasteiger partial charge in [-0.2, -0.15) is 0 Å². The topological polar surface area (TPSA) is 76.7 Å². The summed E-state index contributed by atoms with van der Waals surface area (Å²) in [6, 6.07) is 19.8. The number of anilines is 2. The van der Waals surface area contributed by atoms with Gasteiger partial charge < -0.3 is 20.1 Å². The van der Waals surface area contributed by atoms with E-state index < -0.39 is 0 Å². The average Bonchev–Trinajstić information content (AvgIpc) is 2.76. The second-order valence-corrected chi connectivity index (χ2v) is 7.15. The Bertz CT molecular complexity index is 1060. The molecule has 0 spiro atoms. The summed E-state index contributed by atoms with van der Waals surface area (Å²) in [6.07, 6.45) is 0.226. The minimum atomic E-state index is -0.260. The van der Waals surface area contributed by atoms with Gasteiger partial charge in [0.25, 0.3) is 5.91 Å². The number of hydrogen-bond donors (Lipinski definition) is 2. The lowest BCUT2D eigenvalue weighted by Crippen LogP contribution is -2.16. The van der Waals surface area contributed by atoms with Gasteiger partial charge in [-0.05, 0) is 61.9 Å². The van der Waals surface area contributed by atoms with Crippen molar-refractivity contribution in [3.8, 4) is 11.5 Å². The lowest BCUT2D eigenvalue weighted by atomic mass is 10.1. The van der Waals surface area contributed by atoms with E-state index in [0.29, 0.717) is 22.7 Å². The molecule has 0 heterocycles. The van der Waals surface area contributed by atoms with Crippen LogP contribution in [0.3, 0.4) is 0 Å². The molecule has 0 aliphatic heterocycles. The Morgan fingerprint density at radius 2 is 1.61 bits per heavy atom. The standard InChI is InChI=1S/C25H26N2O4/c1-17-8-13-22(18(2)16-17)31-15-14-24(28)26-20-11-9-19(10-12-20)25(29)27-21-6-4-5-7-23(21)30-3/h4-13,16H,14-15H2,1-3H3,(H,26,28)(H,27,29). The summed E-state index contributed by atoms with van der Waals surface area (Å²) in [4.78, 5) is 24.7. The van der Waals surface area contributed by atoms with Crippen molar-refractivity contribution in [2.24, 2.45) is 0 Å². The molecule has 6 nitrogen and oxygen atoms in total. The molecule has 0 radical (unpaired) electrons. The Hall–Kier alpha value is -3.80. The summed E-state index contributed by atoms with van der Waals surface area (Å²) in [5.74, 6) is 0.951. The number of nitrogens with one attached hydrogen (secondary N) is 2. The van der Waals surface area contributed by atoms with Crippen molar-refractivity contribution in [3.05, 3.63) is 83.4 Å². The molecule has 160 valence electrons. The fourth-order valence-corrected chi connectivity index (χ4v) is 3.09. The normalized spacial score (nSPS) is 10.3. The summed E-state index contributed by atoms with van der Waals surface area (Å²) in [6.45, 7) is 4.29. The molecule has 0 aliphatic carbocycles. The van der Waals surface area contributed by atoms with E-state index in [-0.39, 0.29) is 24.8 Å². The van der Waals surface area contributed by atoms with Crippen LogP contribution in [0.1, 0.15) is 27.9 Å². The first kappa shape index (κ1) is 21.9. The molecule has 2 N–H and O–H groups in total. The number of para-hydroxylation sites is 2. The van der Waals surface area contributed by atoms with Gasteiger partial charge in [0.15, 0.2) is 0 Å². The van der Waals surface area contributed by atoms with Crippen LogP contribution in [0.15, 0.2) is 66.7 Å². The van der Waals surface area contributed by atoms with Gasteiger partial charge in [-0.25, -0.2) is 0 Å². The Morgan fingerprint density at radius 3 is 2.32 bits per heavy atom. The SMILES string of the molecule is COc1ccccc1NC(=O)c1ccc(NC(=O)CCOc2ccc(C)cc2C)cc1. The highest BCUT2D eigenvalue weighted by Gasteiger charge is 2.10. The Kier molecular flexibility index (Phi) is 7.27. The van der Waals surface area contributed by atoms with Crippen molar-refractivity contribution < 1.29 is 19.1 Å². The summed E-state index contributed by atoms with van der Waals surface area (Å²) in [7, 11) is 1.55. The maximum atomic E-state index is 12.5. The number of methoxy groups -OCH3 is 1. The molecule has 0 saturated carbocycles. The third-order valence-electron chi connectivity index (χ3n) is 4.70. The van der Waals surface area contributed by atoms with Crippen LogP contribution in [0.25, 0.3) is 0 Å². The van der Waals surface area contributed by atoms with Crippen molar-refractivity contribution in [2.75, 3.05) is 24.4 Å². The third-order valence-corrected chi connectivity index (χ3v) is 4.70. The zero-order valence-corrected chi connectivity index (χ0v) is 17.9. The zero-order chi connectivity index (χ0) is 22.2. The van der Waals surface area contributed by atoms with Crippen LogP contribution in [0.4, 0.5) is 11.4 Å². The van der Waals surface area contributed by atoms with Gasteiger partial charge in [-0.1, -0.05) is 29.8 Å². The highest BCUT2D eigenvalue weighted by Crippen LogP contribution is 2.24. The van der Waals surface area contributed by atoms with E-state index >= 15 is 0 Å². The predicted molar refractivity (Wildman–Crippen MR) is 122 cm³/mol. The summed E-state index contributed by atoms with van der Waals surface area (Å²) in [5, 5.41) is 5.64. The molecular formula is C25H26N2O4. The van der Waals surface area contributed by atoms with Crippen molar-refractivity contribution in [1.29, 1.82) is 0 Å². The molecule has 3 aromatic rings. The minimum absolute atomic E-state index is 0.156. The molecule has 0 aliphatic rings. The molecule has 0 aromatic heterocycles. The summed E-state index contributed by atoms with van der Waals surface area (Å²) >= 11 is 0. The highest BCUT2D eigenvalue weighted by atomic mass is 16.5. The number of amides is 2. The number of benzene rings is 3. The molecule has 31 heavy (non-hydrogen) atoms. The number of carbonyl (C=O) groups is 2. The van der Waals surface area contributed by atoms with E-state index in [1.807, 2.05) is 44.2 Å². The van der Waals surface area contributed by atoms with Crippen LogP contribution in [0, 0.1) is 13.8 Å². The number of hydrogen-bond acceptors (Lipinski definition) is 4. The number of rotatable bonds is 8. The first-order valence-corrected chi connectivity index (χ1v) is 10.0. The summed E-state index contributed by atoms with van der Waals surface area (Å²) < 4.78 is 10.9. The van der Waals surface area contributed by atoms with Crippen LogP contribution >= 0.6 is 0 Å². The van der Waals surface area contributed by atoms with Crippen molar-refractivity contribution in [1.82, 2.24) is 0 Å². The Morgan fingerprint density at radius 1 is 0.871 bits per heavy atom. The van der Waals surface area contributed by atoms with Gasteiger partial charge in [0.05, 0.1) is 25.8 Å². The molecule has 0 saturated heterocycles. The fourth-order valence-electron chi connectivity index (χ4n) is 3.09. The molecule has 6 heteroatoms. The van der Waals surface area contributed by atoms with Crippen molar-refractivity contribution in [2.45, 2.75) is 20.3 Å². The second kappa shape index (κ2) is 10.3. The van der Waals surface area contributed by atoms with Gasteiger partial charge in [-0.3, -0.25) is 9.59 Å². The quantitative estimate of drug-likeness (QED) is 0.541. The largest absolute Gasteiger partial charge is 0.495 e. The lowest BCUT2D eigenvalue weighted by molar-refractivity contribution is -0.116. The van der Waals surface area contributed by atoms with E-state index in [9.17, 15) is 9.59 Å².